The highest BCUT2D eigenvalue weighted by molar-refractivity contribution is 6.46. The molecule has 1 aliphatic heterocycles. The van der Waals surface area contributed by atoms with Crippen molar-refractivity contribution >= 4 is 17.4 Å². The van der Waals surface area contributed by atoms with Crippen molar-refractivity contribution in [3.63, 3.8) is 0 Å². The summed E-state index contributed by atoms with van der Waals surface area (Å²) in [4.78, 5) is 31.3. The molecule has 1 amide bonds. The lowest BCUT2D eigenvalue weighted by molar-refractivity contribution is -0.140. The molecule has 2 aromatic heterocycles. The third kappa shape index (κ3) is 4.07. The molecule has 1 aromatic carbocycles. The minimum Gasteiger partial charge on any atom is -0.507 e. The van der Waals surface area contributed by atoms with E-state index in [1.165, 1.54) is 11.2 Å². The van der Waals surface area contributed by atoms with Crippen molar-refractivity contribution in [1.82, 2.24) is 9.88 Å². The third-order valence-corrected chi connectivity index (χ3v) is 5.03. The number of aromatic nitrogens is 1. The Morgan fingerprint density at radius 1 is 1.16 bits per heavy atom. The van der Waals surface area contributed by atoms with Crippen LogP contribution in [0.3, 0.4) is 0 Å². The maximum Gasteiger partial charge on any atom is 0.296 e. The topological polar surface area (TPSA) is 92.9 Å². The molecule has 1 atom stereocenters. The molecular weight excluding hydrogens is 396 g/mol. The highest BCUT2D eigenvalue weighted by atomic mass is 16.5. The molecular formula is C24H22N2O5. The van der Waals surface area contributed by atoms with Gasteiger partial charge in [-0.1, -0.05) is 13.0 Å². The number of carbonyl (C=O) groups is 2. The lowest BCUT2D eigenvalue weighted by atomic mass is 9.99. The molecule has 1 N–H and O–H groups in total. The second-order valence-electron chi connectivity index (χ2n) is 7.18. The normalized spacial score (nSPS) is 17.8. The molecule has 1 aliphatic rings. The number of likely N-dealkylation sites (tertiary alicyclic amines) is 1. The number of carbonyl (C=O) groups excluding carboxylic acids is 2. The van der Waals surface area contributed by atoms with E-state index in [0.29, 0.717) is 23.7 Å². The molecule has 3 aromatic rings. The summed E-state index contributed by atoms with van der Waals surface area (Å²) in [5.74, 6) is -0.648. The summed E-state index contributed by atoms with van der Waals surface area (Å²) in [6, 6.07) is 12.9. The predicted octanol–water partition coefficient (Wildman–Crippen LogP) is 4.09. The van der Waals surface area contributed by atoms with Crippen LogP contribution >= 0.6 is 0 Å². The zero-order chi connectivity index (χ0) is 21.8. The van der Waals surface area contributed by atoms with Gasteiger partial charge < -0.3 is 19.2 Å². The molecule has 1 unspecified atom stereocenters. The highest BCUT2D eigenvalue weighted by Gasteiger charge is 2.47. The number of furan rings is 1. The number of ether oxygens (including phenoxy) is 1. The van der Waals surface area contributed by atoms with Crippen LogP contribution < -0.4 is 4.74 Å². The summed E-state index contributed by atoms with van der Waals surface area (Å²) >= 11 is 0. The fourth-order valence-corrected chi connectivity index (χ4v) is 3.56. The number of hydrogen-bond acceptors (Lipinski definition) is 6. The van der Waals surface area contributed by atoms with Gasteiger partial charge in [-0.05, 0) is 54.4 Å². The fraction of sp³-hybridized carbons (Fsp3) is 0.208. The molecule has 158 valence electrons. The molecule has 0 saturated carbocycles. The van der Waals surface area contributed by atoms with E-state index in [2.05, 4.69) is 4.98 Å². The monoisotopic (exact) mass is 418 g/mol. The second-order valence-corrected chi connectivity index (χ2v) is 7.18. The number of hydrogen-bond donors (Lipinski definition) is 1. The molecule has 0 bridgehead atoms. The van der Waals surface area contributed by atoms with Crippen LogP contribution in [0.25, 0.3) is 5.76 Å². The number of Topliss-reactive ketones (excluding diaryl/α,β-unsaturated/α-hetero) is 1. The largest absolute Gasteiger partial charge is 0.507 e. The second kappa shape index (κ2) is 8.87. The molecule has 0 radical (unpaired) electrons. The summed E-state index contributed by atoms with van der Waals surface area (Å²) in [7, 11) is 0. The summed E-state index contributed by atoms with van der Waals surface area (Å²) in [6.45, 7) is 2.76. The first kappa shape index (κ1) is 20.4. The fourth-order valence-electron chi connectivity index (χ4n) is 3.56. The van der Waals surface area contributed by atoms with Crippen molar-refractivity contribution in [1.29, 1.82) is 0 Å². The van der Waals surface area contributed by atoms with Crippen molar-refractivity contribution in [2.45, 2.75) is 25.9 Å². The molecule has 4 rings (SSSR count). The van der Waals surface area contributed by atoms with Crippen LogP contribution in [-0.2, 0) is 16.1 Å². The maximum absolute atomic E-state index is 12.9. The number of nitrogens with zero attached hydrogens (tertiary/aromatic N) is 2. The van der Waals surface area contributed by atoms with Crippen LogP contribution in [0.1, 0.15) is 36.3 Å². The summed E-state index contributed by atoms with van der Waals surface area (Å²) in [5.41, 5.74) is 1.17. The summed E-state index contributed by atoms with van der Waals surface area (Å²) in [5, 5.41) is 11.0. The van der Waals surface area contributed by atoms with Gasteiger partial charge in [0.1, 0.15) is 23.3 Å². The average Bonchev–Trinajstić information content (AvgIpc) is 3.41. The average molecular weight is 418 g/mol. The van der Waals surface area contributed by atoms with Gasteiger partial charge in [0.2, 0.25) is 0 Å². The number of amides is 1. The van der Waals surface area contributed by atoms with E-state index < -0.39 is 17.7 Å². The van der Waals surface area contributed by atoms with Crippen molar-refractivity contribution < 1.29 is 23.8 Å². The Labute approximate surface area is 179 Å². The van der Waals surface area contributed by atoms with E-state index in [9.17, 15) is 14.7 Å². The van der Waals surface area contributed by atoms with Crippen LogP contribution in [-0.4, -0.2) is 33.3 Å². The van der Waals surface area contributed by atoms with Gasteiger partial charge >= 0.3 is 0 Å². The van der Waals surface area contributed by atoms with Gasteiger partial charge in [-0.3, -0.25) is 14.6 Å². The van der Waals surface area contributed by atoms with E-state index in [1.807, 2.05) is 13.0 Å². The maximum atomic E-state index is 12.9. The number of pyridine rings is 1. The molecule has 1 fully saturated rings. The van der Waals surface area contributed by atoms with Gasteiger partial charge in [-0.2, -0.15) is 0 Å². The first-order chi connectivity index (χ1) is 15.1. The van der Waals surface area contributed by atoms with Gasteiger partial charge in [0.05, 0.1) is 18.4 Å². The van der Waals surface area contributed by atoms with Crippen molar-refractivity contribution in [3.05, 3.63) is 89.6 Å². The third-order valence-electron chi connectivity index (χ3n) is 5.03. The van der Waals surface area contributed by atoms with Gasteiger partial charge in [-0.25, -0.2) is 0 Å². The number of benzene rings is 1. The summed E-state index contributed by atoms with van der Waals surface area (Å²) in [6.07, 6.45) is 5.62. The van der Waals surface area contributed by atoms with E-state index in [-0.39, 0.29) is 17.9 Å². The first-order valence-electron chi connectivity index (χ1n) is 10.0. The molecule has 0 aliphatic carbocycles. The van der Waals surface area contributed by atoms with Crippen LogP contribution in [0.2, 0.25) is 0 Å². The summed E-state index contributed by atoms with van der Waals surface area (Å²) < 4.78 is 11.1. The number of aliphatic hydroxyl groups excluding tert-OH is 1. The lowest BCUT2D eigenvalue weighted by Gasteiger charge is -2.23. The minimum absolute atomic E-state index is 0.00827. The van der Waals surface area contributed by atoms with Gasteiger partial charge in [0.15, 0.2) is 0 Å². The zero-order valence-electron chi connectivity index (χ0n) is 17.0. The number of ketones is 1. The Balaban J connectivity index is 1.74. The van der Waals surface area contributed by atoms with Crippen LogP contribution in [0.15, 0.2) is 77.2 Å². The molecule has 7 heteroatoms. The van der Waals surface area contributed by atoms with Gasteiger partial charge in [-0.15, -0.1) is 0 Å². The molecule has 1 saturated heterocycles. The Morgan fingerprint density at radius 3 is 2.61 bits per heavy atom. The zero-order valence-corrected chi connectivity index (χ0v) is 17.0. The van der Waals surface area contributed by atoms with E-state index in [4.69, 9.17) is 9.15 Å². The Morgan fingerprint density at radius 2 is 1.97 bits per heavy atom. The SMILES string of the molecule is CCCOc1ccc(/C(O)=C2/C(=O)C(=O)N(Cc3cccnc3)C2c2ccco2)cc1. The van der Waals surface area contributed by atoms with Crippen molar-refractivity contribution in [2.75, 3.05) is 6.61 Å². The van der Waals surface area contributed by atoms with Crippen LogP contribution in [0.4, 0.5) is 0 Å². The van der Waals surface area contributed by atoms with Gasteiger partial charge in [0.25, 0.3) is 11.7 Å². The standard InChI is InChI=1S/C24H22N2O5/c1-2-12-30-18-9-7-17(8-10-18)22(27)20-21(19-6-4-13-31-19)26(24(29)23(20)28)15-16-5-3-11-25-14-16/h3-11,13-14,21,27H,2,12,15H2,1H3/b22-20-. The molecule has 31 heavy (non-hydrogen) atoms. The first-order valence-corrected chi connectivity index (χ1v) is 10.0. The minimum atomic E-state index is -0.841. The van der Waals surface area contributed by atoms with Crippen LogP contribution in [0, 0.1) is 0 Å². The molecule has 0 spiro atoms. The number of aliphatic hydroxyl groups is 1. The van der Waals surface area contributed by atoms with E-state index >= 15 is 0 Å². The predicted molar refractivity (Wildman–Crippen MR) is 113 cm³/mol. The van der Waals surface area contributed by atoms with E-state index in [1.54, 1.807) is 54.9 Å². The smallest absolute Gasteiger partial charge is 0.296 e. The Kier molecular flexibility index (Phi) is 5.84. The molecule has 7 nitrogen and oxygen atoms in total. The lowest BCUT2D eigenvalue weighted by Crippen LogP contribution is -2.29. The Hall–Kier alpha value is -3.87. The van der Waals surface area contributed by atoms with Crippen molar-refractivity contribution in [2.24, 2.45) is 0 Å². The Bertz CT molecular complexity index is 1090. The molecule has 3 heterocycles. The van der Waals surface area contributed by atoms with Crippen molar-refractivity contribution in [3.8, 4) is 5.75 Å². The van der Waals surface area contributed by atoms with Crippen LogP contribution in [0.5, 0.6) is 5.75 Å². The quantitative estimate of drug-likeness (QED) is 0.353. The van der Waals surface area contributed by atoms with Gasteiger partial charge in [0, 0.05) is 24.5 Å². The number of rotatable bonds is 7. The highest BCUT2D eigenvalue weighted by Crippen LogP contribution is 2.40. The van der Waals surface area contributed by atoms with E-state index in [0.717, 1.165) is 12.0 Å².